The van der Waals surface area contributed by atoms with Crippen molar-refractivity contribution in [1.82, 2.24) is 5.16 Å². The number of carbonyl (C=O) groups excluding carboxylic acids is 1. The maximum absolute atomic E-state index is 12.1. The normalized spacial score (nSPS) is 10.3. The molecule has 0 saturated heterocycles. The molecule has 0 saturated carbocycles. The van der Waals surface area contributed by atoms with Crippen molar-refractivity contribution in [2.45, 2.75) is 13.8 Å². The van der Waals surface area contributed by atoms with Crippen LogP contribution in [0.3, 0.4) is 0 Å². The first-order valence-corrected chi connectivity index (χ1v) is 5.98. The fraction of sp³-hybridized carbons (Fsp3) is 0.231. The van der Waals surface area contributed by atoms with Crippen LogP contribution in [0.4, 0.5) is 5.69 Å². The van der Waals surface area contributed by atoms with E-state index in [0.717, 1.165) is 0 Å². The van der Waals surface area contributed by atoms with E-state index in [-0.39, 0.29) is 11.6 Å². The van der Waals surface area contributed by atoms with Gasteiger partial charge in [0.1, 0.15) is 11.5 Å². The zero-order chi connectivity index (χ0) is 14.0. The van der Waals surface area contributed by atoms with Crippen molar-refractivity contribution in [3.05, 3.63) is 40.2 Å². The van der Waals surface area contributed by atoms with Crippen molar-refractivity contribution in [1.29, 1.82) is 0 Å². The largest absolute Gasteiger partial charge is 0.495 e. The molecule has 5 nitrogen and oxygen atoms in total. The van der Waals surface area contributed by atoms with Crippen LogP contribution in [0.15, 0.2) is 22.7 Å². The molecule has 2 rings (SSSR count). The smallest absolute Gasteiger partial charge is 0.278 e. The first-order valence-electron chi connectivity index (χ1n) is 5.60. The molecular formula is C13H13ClN2O3. The second-order valence-corrected chi connectivity index (χ2v) is 4.45. The third-order valence-electron chi connectivity index (χ3n) is 2.78. The Balaban J connectivity index is 2.28. The van der Waals surface area contributed by atoms with Gasteiger partial charge in [0.05, 0.1) is 12.8 Å². The van der Waals surface area contributed by atoms with Crippen LogP contribution < -0.4 is 10.1 Å². The number of nitrogens with one attached hydrogen (secondary N) is 1. The number of carbonyl (C=O) groups is 1. The first kappa shape index (κ1) is 13.4. The van der Waals surface area contributed by atoms with E-state index in [2.05, 4.69) is 10.5 Å². The monoisotopic (exact) mass is 280 g/mol. The molecule has 19 heavy (non-hydrogen) atoms. The van der Waals surface area contributed by atoms with Gasteiger partial charge in [-0.2, -0.15) is 0 Å². The predicted octanol–water partition coefficient (Wildman–Crippen LogP) is 3.21. The fourth-order valence-corrected chi connectivity index (χ4v) is 1.76. The van der Waals surface area contributed by atoms with Gasteiger partial charge in [-0.3, -0.25) is 4.79 Å². The first-order chi connectivity index (χ1) is 9.02. The van der Waals surface area contributed by atoms with Gasteiger partial charge in [0.2, 0.25) is 0 Å². The van der Waals surface area contributed by atoms with Crippen molar-refractivity contribution in [3.8, 4) is 5.75 Å². The second kappa shape index (κ2) is 5.32. The van der Waals surface area contributed by atoms with E-state index >= 15 is 0 Å². The van der Waals surface area contributed by atoms with Crippen LogP contribution >= 0.6 is 11.6 Å². The van der Waals surface area contributed by atoms with E-state index in [4.69, 9.17) is 20.9 Å². The molecule has 1 aromatic heterocycles. The Kier molecular flexibility index (Phi) is 3.76. The van der Waals surface area contributed by atoms with Crippen LogP contribution in [0.1, 0.15) is 21.8 Å². The lowest BCUT2D eigenvalue weighted by atomic mass is 10.2. The van der Waals surface area contributed by atoms with Gasteiger partial charge >= 0.3 is 0 Å². The third kappa shape index (κ3) is 2.71. The van der Waals surface area contributed by atoms with E-state index < -0.39 is 0 Å². The zero-order valence-electron chi connectivity index (χ0n) is 10.8. The number of aromatic nitrogens is 1. The minimum absolute atomic E-state index is 0.250. The lowest BCUT2D eigenvalue weighted by Crippen LogP contribution is -2.14. The summed E-state index contributed by atoms with van der Waals surface area (Å²) in [5.41, 5.74) is 1.44. The molecule has 100 valence electrons. The Morgan fingerprint density at radius 1 is 1.42 bits per heavy atom. The molecule has 2 aromatic rings. The van der Waals surface area contributed by atoms with Crippen molar-refractivity contribution in [2.75, 3.05) is 12.4 Å². The van der Waals surface area contributed by atoms with Gasteiger partial charge in [-0.05, 0) is 32.0 Å². The van der Waals surface area contributed by atoms with Crippen LogP contribution in [-0.4, -0.2) is 18.2 Å². The molecule has 1 amide bonds. The van der Waals surface area contributed by atoms with E-state index in [9.17, 15) is 4.79 Å². The molecule has 1 N–H and O–H groups in total. The summed E-state index contributed by atoms with van der Waals surface area (Å²) in [7, 11) is 1.52. The number of ether oxygens (including phenoxy) is 1. The number of nitrogens with zero attached hydrogens (tertiary/aromatic N) is 1. The predicted molar refractivity (Wildman–Crippen MR) is 71.9 cm³/mol. The number of methoxy groups -OCH3 is 1. The van der Waals surface area contributed by atoms with Crippen molar-refractivity contribution in [2.24, 2.45) is 0 Å². The van der Waals surface area contributed by atoms with E-state index in [1.807, 2.05) is 0 Å². The number of rotatable bonds is 3. The molecule has 0 radical (unpaired) electrons. The summed E-state index contributed by atoms with van der Waals surface area (Å²) in [5, 5.41) is 6.93. The number of anilines is 1. The van der Waals surface area contributed by atoms with Gasteiger partial charge in [0.25, 0.3) is 5.91 Å². The summed E-state index contributed by atoms with van der Waals surface area (Å²) in [5.74, 6) is 0.772. The van der Waals surface area contributed by atoms with Crippen LogP contribution in [-0.2, 0) is 0 Å². The molecule has 1 heterocycles. The zero-order valence-corrected chi connectivity index (χ0v) is 11.5. The van der Waals surface area contributed by atoms with Crippen LogP contribution in [0.25, 0.3) is 0 Å². The number of halogens is 1. The Bertz CT molecular complexity index is 622. The highest BCUT2D eigenvalue weighted by Crippen LogP contribution is 2.28. The number of benzene rings is 1. The van der Waals surface area contributed by atoms with Crippen LogP contribution in [0.2, 0.25) is 5.02 Å². The van der Waals surface area contributed by atoms with Gasteiger partial charge in [-0.15, -0.1) is 0 Å². The number of aryl methyl sites for hydroxylation is 1. The van der Waals surface area contributed by atoms with Gasteiger partial charge in [-0.1, -0.05) is 16.8 Å². The van der Waals surface area contributed by atoms with E-state index in [1.165, 1.54) is 7.11 Å². The quantitative estimate of drug-likeness (QED) is 0.938. The molecule has 0 aliphatic carbocycles. The molecule has 6 heteroatoms. The molecule has 0 bridgehead atoms. The summed E-state index contributed by atoms with van der Waals surface area (Å²) < 4.78 is 10.1. The number of hydrogen-bond donors (Lipinski definition) is 1. The molecule has 0 aliphatic rings. The number of hydrogen-bond acceptors (Lipinski definition) is 4. The summed E-state index contributed by atoms with van der Waals surface area (Å²) >= 11 is 5.90. The van der Waals surface area contributed by atoms with Gasteiger partial charge in [-0.25, -0.2) is 0 Å². The Morgan fingerprint density at radius 3 is 2.74 bits per heavy atom. The molecular weight excluding hydrogens is 268 g/mol. The van der Waals surface area contributed by atoms with Crippen molar-refractivity contribution < 1.29 is 14.1 Å². The Morgan fingerprint density at radius 2 is 2.16 bits per heavy atom. The summed E-state index contributed by atoms with van der Waals surface area (Å²) in [6, 6.07) is 4.97. The second-order valence-electron chi connectivity index (χ2n) is 4.01. The van der Waals surface area contributed by atoms with Crippen LogP contribution in [0, 0.1) is 13.8 Å². The highest BCUT2D eigenvalue weighted by molar-refractivity contribution is 6.31. The van der Waals surface area contributed by atoms with Gasteiger partial charge in [0, 0.05) is 10.6 Å². The Hall–Kier alpha value is -2.01. The van der Waals surface area contributed by atoms with Crippen molar-refractivity contribution in [3.63, 3.8) is 0 Å². The Labute approximate surface area is 115 Å². The molecule has 1 aromatic carbocycles. The summed E-state index contributed by atoms with van der Waals surface area (Å²) in [6.45, 7) is 3.52. The van der Waals surface area contributed by atoms with Gasteiger partial charge in [0.15, 0.2) is 5.69 Å². The fourth-order valence-electron chi connectivity index (χ4n) is 1.59. The van der Waals surface area contributed by atoms with E-state index in [0.29, 0.717) is 27.8 Å². The van der Waals surface area contributed by atoms with E-state index in [1.54, 1.807) is 32.0 Å². The SMILES string of the molecule is COc1ccc(Cl)cc1NC(=O)c1noc(C)c1C. The van der Waals surface area contributed by atoms with Crippen LogP contribution in [0.5, 0.6) is 5.75 Å². The molecule has 0 unspecified atom stereocenters. The molecule has 0 atom stereocenters. The lowest BCUT2D eigenvalue weighted by molar-refractivity contribution is 0.101. The standard InChI is InChI=1S/C13H13ClN2O3/c1-7-8(2)19-16-12(7)13(17)15-10-6-9(14)4-5-11(10)18-3/h4-6H,1-3H3,(H,15,17). The maximum Gasteiger partial charge on any atom is 0.278 e. The maximum atomic E-state index is 12.1. The average Bonchev–Trinajstić information content (AvgIpc) is 2.70. The molecule has 0 aliphatic heterocycles. The third-order valence-corrected chi connectivity index (χ3v) is 3.02. The minimum atomic E-state index is -0.366. The average molecular weight is 281 g/mol. The highest BCUT2D eigenvalue weighted by Gasteiger charge is 2.18. The summed E-state index contributed by atoms with van der Waals surface area (Å²) in [6.07, 6.45) is 0. The highest BCUT2D eigenvalue weighted by atomic mass is 35.5. The topological polar surface area (TPSA) is 64.4 Å². The van der Waals surface area contributed by atoms with Crippen molar-refractivity contribution >= 4 is 23.2 Å². The summed E-state index contributed by atoms with van der Waals surface area (Å²) in [4.78, 5) is 12.1. The lowest BCUT2D eigenvalue weighted by Gasteiger charge is -2.09. The number of amides is 1. The molecule has 0 spiro atoms. The van der Waals surface area contributed by atoms with Gasteiger partial charge < -0.3 is 14.6 Å². The minimum Gasteiger partial charge on any atom is -0.495 e. The molecule has 0 fully saturated rings.